The molecule has 2 fully saturated rings. The van der Waals surface area contributed by atoms with E-state index >= 15 is 0 Å². The molecule has 3 heteroatoms. The van der Waals surface area contributed by atoms with Crippen LogP contribution in [0.15, 0.2) is 0 Å². The van der Waals surface area contributed by atoms with Gasteiger partial charge in [-0.25, -0.2) is 0 Å². The molecular weight excluding hydrogens is 234 g/mol. The Labute approximate surface area is 119 Å². The molecule has 0 saturated carbocycles. The van der Waals surface area contributed by atoms with Gasteiger partial charge in [0.1, 0.15) is 0 Å². The zero-order valence-corrected chi connectivity index (χ0v) is 13.0. The number of unbranched alkanes of at least 4 members (excludes halogenated alkanes) is 1. The van der Waals surface area contributed by atoms with Gasteiger partial charge in [-0.1, -0.05) is 13.3 Å². The standard InChI is InChI=1S/C16H33N3/c1-3-4-9-19-12-7-16(8-13-19)17-14-15-5-10-18(2)11-6-15/h15-17H,3-14H2,1-2H3. The number of hydrogen-bond donors (Lipinski definition) is 1. The van der Waals surface area contributed by atoms with Gasteiger partial charge < -0.3 is 15.1 Å². The van der Waals surface area contributed by atoms with Crippen LogP contribution in [0.4, 0.5) is 0 Å². The lowest BCUT2D eigenvalue weighted by Gasteiger charge is -2.34. The van der Waals surface area contributed by atoms with Crippen molar-refractivity contribution < 1.29 is 0 Å². The molecule has 2 aliphatic heterocycles. The topological polar surface area (TPSA) is 18.5 Å². The summed E-state index contributed by atoms with van der Waals surface area (Å²) >= 11 is 0. The molecule has 2 rings (SSSR count). The van der Waals surface area contributed by atoms with Crippen molar-refractivity contribution in [3.63, 3.8) is 0 Å². The number of hydrogen-bond acceptors (Lipinski definition) is 3. The van der Waals surface area contributed by atoms with Gasteiger partial charge in [0.25, 0.3) is 0 Å². The molecule has 1 N–H and O–H groups in total. The maximum absolute atomic E-state index is 3.84. The van der Waals surface area contributed by atoms with Gasteiger partial charge in [-0.15, -0.1) is 0 Å². The first kappa shape index (κ1) is 15.3. The fourth-order valence-corrected chi connectivity index (χ4v) is 3.34. The Morgan fingerprint density at radius 3 is 2.32 bits per heavy atom. The first-order valence-corrected chi connectivity index (χ1v) is 8.42. The van der Waals surface area contributed by atoms with Gasteiger partial charge in [-0.2, -0.15) is 0 Å². The molecule has 2 saturated heterocycles. The summed E-state index contributed by atoms with van der Waals surface area (Å²) in [4.78, 5) is 5.11. The fourth-order valence-electron chi connectivity index (χ4n) is 3.34. The molecule has 0 aliphatic carbocycles. The lowest BCUT2D eigenvalue weighted by Crippen LogP contribution is -2.45. The van der Waals surface area contributed by atoms with E-state index < -0.39 is 0 Å². The molecule has 2 aliphatic rings. The molecule has 0 amide bonds. The number of likely N-dealkylation sites (tertiary alicyclic amines) is 2. The molecule has 0 aromatic rings. The van der Waals surface area contributed by atoms with Crippen molar-refractivity contribution >= 4 is 0 Å². The van der Waals surface area contributed by atoms with Crippen LogP contribution in [0.3, 0.4) is 0 Å². The average Bonchev–Trinajstić information content (AvgIpc) is 2.46. The first-order valence-electron chi connectivity index (χ1n) is 8.42. The van der Waals surface area contributed by atoms with Crippen molar-refractivity contribution in [2.45, 2.75) is 51.5 Å². The predicted molar refractivity (Wildman–Crippen MR) is 82.6 cm³/mol. The van der Waals surface area contributed by atoms with E-state index in [4.69, 9.17) is 0 Å². The van der Waals surface area contributed by atoms with Gasteiger partial charge in [0.05, 0.1) is 0 Å². The fraction of sp³-hybridized carbons (Fsp3) is 1.00. The summed E-state index contributed by atoms with van der Waals surface area (Å²) in [7, 11) is 2.25. The zero-order valence-electron chi connectivity index (χ0n) is 13.0. The van der Waals surface area contributed by atoms with Crippen LogP contribution in [0, 0.1) is 5.92 Å². The summed E-state index contributed by atoms with van der Waals surface area (Å²) in [5, 5.41) is 3.84. The lowest BCUT2D eigenvalue weighted by molar-refractivity contribution is 0.178. The molecule has 0 spiro atoms. The maximum atomic E-state index is 3.84. The van der Waals surface area contributed by atoms with Gasteiger partial charge in [-0.3, -0.25) is 0 Å². The molecule has 0 aromatic heterocycles. The SMILES string of the molecule is CCCCN1CCC(NCC2CCN(C)CC2)CC1. The summed E-state index contributed by atoms with van der Waals surface area (Å²) < 4.78 is 0. The van der Waals surface area contributed by atoms with Crippen molar-refractivity contribution in [1.29, 1.82) is 0 Å². The van der Waals surface area contributed by atoms with Crippen LogP contribution in [-0.2, 0) is 0 Å². The lowest BCUT2D eigenvalue weighted by atomic mass is 9.96. The number of piperidine rings is 2. The second-order valence-corrected chi connectivity index (χ2v) is 6.62. The monoisotopic (exact) mass is 267 g/mol. The van der Waals surface area contributed by atoms with Gasteiger partial charge in [-0.05, 0) is 84.3 Å². The molecule has 0 bridgehead atoms. The molecule has 0 unspecified atom stereocenters. The number of nitrogens with zero attached hydrogens (tertiary/aromatic N) is 2. The molecule has 19 heavy (non-hydrogen) atoms. The predicted octanol–water partition coefficient (Wildman–Crippen LogP) is 2.18. The normalized spacial score (nSPS) is 24.9. The highest BCUT2D eigenvalue weighted by molar-refractivity contribution is 4.79. The van der Waals surface area contributed by atoms with Crippen LogP contribution >= 0.6 is 0 Å². The highest BCUT2D eigenvalue weighted by Crippen LogP contribution is 2.16. The Morgan fingerprint density at radius 2 is 1.68 bits per heavy atom. The minimum Gasteiger partial charge on any atom is -0.314 e. The highest BCUT2D eigenvalue weighted by Gasteiger charge is 2.21. The third-order valence-corrected chi connectivity index (χ3v) is 4.95. The van der Waals surface area contributed by atoms with Crippen molar-refractivity contribution in [2.24, 2.45) is 5.92 Å². The Hall–Kier alpha value is -0.120. The molecule has 0 radical (unpaired) electrons. The Kier molecular flexibility index (Phi) is 6.62. The zero-order chi connectivity index (χ0) is 13.5. The third-order valence-electron chi connectivity index (χ3n) is 4.95. The summed E-state index contributed by atoms with van der Waals surface area (Å²) in [5.74, 6) is 0.925. The molecule has 3 nitrogen and oxygen atoms in total. The summed E-state index contributed by atoms with van der Waals surface area (Å²) in [6, 6.07) is 0.789. The average molecular weight is 267 g/mol. The van der Waals surface area contributed by atoms with Crippen LogP contribution < -0.4 is 5.32 Å². The summed E-state index contributed by atoms with van der Waals surface area (Å²) in [6.07, 6.45) is 8.19. The Bertz CT molecular complexity index is 228. The van der Waals surface area contributed by atoms with Crippen molar-refractivity contribution in [2.75, 3.05) is 46.3 Å². The van der Waals surface area contributed by atoms with Crippen LogP contribution in [0.1, 0.15) is 45.4 Å². The van der Waals surface area contributed by atoms with E-state index in [9.17, 15) is 0 Å². The quantitative estimate of drug-likeness (QED) is 0.796. The first-order chi connectivity index (χ1) is 9.28. The second kappa shape index (κ2) is 8.23. The summed E-state index contributed by atoms with van der Waals surface area (Å²) in [5.41, 5.74) is 0. The second-order valence-electron chi connectivity index (χ2n) is 6.62. The highest BCUT2D eigenvalue weighted by atomic mass is 15.1. The van der Waals surface area contributed by atoms with Gasteiger partial charge in [0.2, 0.25) is 0 Å². The molecule has 112 valence electrons. The van der Waals surface area contributed by atoms with Gasteiger partial charge >= 0.3 is 0 Å². The minimum absolute atomic E-state index is 0.789. The summed E-state index contributed by atoms with van der Waals surface area (Å²) in [6.45, 7) is 10.1. The molecule has 0 aromatic carbocycles. The third kappa shape index (κ3) is 5.41. The van der Waals surface area contributed by atoms with Crippen molar-refractivity contribution in [3.05, 3.63) is 0 Å². The van der Waals surface area contributed by atoms with E-state index in [1.165, 1.54) is 77.8 Å². The van der Waals surface area contributed by atoms with E-state index in [1.54, 1.807) is 0 Å². The van der Waals surface area contributed by atoms with Crippen molar-refractivity contribution in [1.82, 2.24) is 15.1 Å². The van der Waals surface area contributed by atoms with E-state index in [1.807, 2.05) is 0 Å². The van der Waals surface area contributed by atoms with E-state index in [0.29, 0.717) is 0 Å². The van der Waals surface area contributed by atoms with Crippen LogP contribution in [0.25, 0.3) is 0 Å². The minimum atomic E-state index is 0.789. The smallest absolute Gasteiger partial charge is 0.00915 e. The van der Waals surface area contributed by atoms with Crippen molar-refractivity contribution in [3.8, 4) is 0 Å². The Morgan fingerprint density at radius 1 is 1.00 bits per heavy atom. The van der Waals surface area contributed by atoms with Crippen LogP contribution in [0.2, 0.25) is 0 Å². The largest absolute Gasteiger partial charge is 0.314 e. The number of rotatable bonds is 6. The van der Waals surface area contributed by atoms with Gasteiger partial charge in [0, 0.05) is 6.04 Å². The molecular formula is C16H33N3. The van der Waals surface area contributed by atoms with Crippen LogP contribution in [-0.4, -0.2) is 62.2 Å². The van der Waals surface area contributed by atoms with E-state index in [2.05, 4.69) is 29.1 Å². The van der Waals surface area contributed by atoms with E-state index in [-0.39, 0.29) is 0 Å². The van der Waals surface area contributed by atoms with Gasteiger partial charge in [0.15, 0.2) is 0 Å². The van der Waals surface area contributed by atoms with E-state index in [0.717, 1.165) is 12.0 Å². The molecule has 0 atom stereocenters. The maximum Gasteiger partial charge on any atom is 0.00915 e. The molecule has 2 heterocycles. The van der Waals surface area contributed by atoms with Crippen LogP contribution in [0.5, 0.6) is 0 Å². The number of nitrogens with one attached hydrogen (secondary N) is 1. The Balaban J connectivity index is 1.55.